The van der Waals surface area contributed by atoms with Gasteiger partial charge < -0.3 is 11.1 Å². The lowest BCUT2D eigenvalue weighted by Gasteiger charge is -2.42. The fraction of sp³-hybridized carbons (Fsp3) is 0.933. The number of carbonyl (C=O) groups is 1. The molecule has 4 heteroatoms. The van der Waals surface area contributed by atoms with Crippen LogP contribution in [0.15, 0.2) is 0 Å². The zero-order valence-electron chi connectivity index (χ0n) is 12.3. The maximum Gasteiger partial charge on any atom is 0.234 e. The molecule has 0 spiro atoms. The molecule has 0 radical (unpaired) electrons. The van der Waals surface area contributed by atoms with E-state index in [2.05, 4.69) is 17.1 Å². The maximum absolute atomic E-state index is 12.1. The summed E-state index contributed by atoms with van der Waals surface area (Å²) in [7, 11) is 0. The number of likely N-dealkylation sites (N-methyl/N-ethyl adjacent to an activating group) is 1. The van der Waals surface area contributed by atoms with Gasteiger partial charge in [-0.15, -0.1) is 0 Å². The third kappa shape index (κ3) is 3.93. The van der Waals surface area contributed by atoms with Crippen molar-refractivity contribution in [3.05, 3.63) is 0 Å². The summed E-state index contributed by atoms with van der Waals surface area (Å²) in [6, 6.07) is 0.453. The molecule has 2 aliphatic rings. The minimum absolute atomic E-state index is 0.0616. The molecule has 3 N–H and O–H groups in total. The molecule has 0 unspecified atom stereocenters. The highest BCUT2D eigenvalue weighted by Crippen LogP contribution is 2.31. The number of nitrogens with two attached hydrogens (primary N) is 1. The lowest BCUT2D eigenvalue weighted by Crippen LogP contribution is -2.56. The van der Waals surface area contributed by atoms with E-state index in [-0.39, 0.29) is 11.4 Å². The Morgan fingerprint density at radius 2 is 1.89 bits per heavy atom. The van der Waals surface area contributed by atoms with E-state index in [1.807, 2.05) is 0 Å². The summed E-state index contributed by atoms with van der Waals surface area (Å²) in [4.78, 5) is 14.4. The fourth-order valence-corrected chi connectivity index (χ4v) is 3.33. The van der Waals surface area contributed by atoms with Gasteiger partial charge in [0.05, 0.1) is 6.54 Å². The van der Waals surface area contributed by atoms with Crippen LogP contribution in [0, 0.1) is 0 Å². The molecule has 110 valence electrons. The standard InChI is InChI=1S/C15H29N3O/c1-2-18(11-14(19)17-13-7-8-13)15(12-16)9-5-3-4-6-10-15/h13H,2-12,16H2,1H3,(H,17,19). The summed E-state index contributed by atoms with van der Waals surface area (Å²) >= 11 is 0. The average molecular weight is 267 g/mol. The Hall–Kier alpha value is -0.610. The van der Waals surface area contributed by atoms with Crippen LogP contribution in [-0.4, -0.2) is 42.0 Å². The van der Waals surface area contributed by atoms with Crippen molar-refractivity contribution in [3.8, 4) is 0 Å². The highest BCUT2D eigenvalue weighted by atomic mass is 16.2. The number of rotatable bonds is 6. The molecule has 0 saturated heterocycles. The number of amides is 1. The second kappa shape index (κ2) is 6.71. The molecule has 0 aromatic rings. The molecular formula is C15H29N3O. The van der Waals surface area contributed by atoms with Gasteiger partial charge in [0.2, 0.25) is 5.91 Å². The van der Waals surface area contributed by atoms with E-state index in [4.69, 9.17) is 5.73 Å². The fourth-order valence-electron chi connectivity index (χ4n) is 3.33. The Morgan fingerprint density at radius 1 is 1.26 bits per heavy atom. The summed E-state index contributed by atoms with van der Waals surface area (Å²) in [5, 5.41) is 3.09. The molecule has 2 aliphatic carbocycles. The van der Waals surface area contributed by atoms with Crippen molar-refractivity contribution in [2.24, 2.45) is 5.73 Å². The summed E-state index contributed by atoms with van der Waals surface area (Å²) in [5.41, 5.74) is 6.16. The van der Waals surface area contributed by atoms with Crippen LogP contribution < -0.4 is 11.1 Å². The van der Waals surface area contributed by atoms with Gasteiger partial charge in [0, 0.05) is 18.1 Å². The molecule has 2 rings (SSSR count). The molecule has 1 amide bonds. The predicted molar refractivity (Wildman–Crippen MR) is 77.9 cm³/mol. The number of hydrogen-bond donors (Lipinski definition) is 2. The average Bonchev–Trinajstić information content (AvgIpc) is 3.22. The molecule has 0 atom stereocenters. The van der Waals surface area contributed by atoms with Crippen LogP contribution in [0.1, 0.15) is 58.3 Å². The van der Waals surface area contributed by atoms with E-state index < -0.39 is 0 Å². The highest BCUT2D eigenvalue weighted by molar-refractivity contribution is 5.78. The molecule has 0 aromatic carbocycles. The van der Waals surface area contributed by atoms with Crippen LogP contribution in [0.2, 0.25) is 0 Å². The van der Waals surface area contributed by atoms with Crippen LogP contribution in [0.25, 0.3) is 0 Å². The minimum atomic E-state index is 0.0616. The predicted octanol–water partition coefficient (Wildman–Crippen LogP) is 1.64. The second-order valence-electron chi connectivity index (χ2n) is 6.20. The lowest BCUT2D eigenvalue weighted by atomic mass is 9.88. The molecule has 0 heterocycles. The van der Waals surface area contributed by atoms with Gasteiger partial charge in [-0.3, -0.25) is 9.69 Å². The zero-order valence-corrected chi connectivity index (χ0v) is 12.3. The van der Waals surface area contributed by atoms with Gasteiger partial charge in [-0.25, -0.2) is 0 Å². The molecule has 2 saturated carbocycles. The second-order valence-corrected chi connectivity index (χ2v) is 6.20. The lowest BCUT2D eigenvalue weighted by molar-refractivity contribution is -0.124. The van der Waals surface area contributed by atoms with Crippen molar-refractivity contribution in [3.63, 3.8) is 0 Å². The number of nitrogens with one attached hydrogen (secondary N) is 1. The quantitative estimate of drug-likeness (QED) is 0.719. The molecule has 4 nitrogen and oxygen atoms in total. The molecule has 0 aromatic heterocycles. The normalized spacial score (nSPS) is 23.1. The largest absolute Gasteiger partial charge is 0.352 e. The Kier molecular flexibility index (Phi) is 5.22. The van der Waals surface area contributed by atoms with Crippen LogP contribution >= 0.6 is 0 Å². The van der Waals surface area contributed by atoms with E-state index in [0.717, 1.165) is 32.2 Å². The molecule has 0 aliphatic heterocycles. The zero-order chi connectivity index (χ0) is 13.7. The van der Waals surface area contributed by atoms with Gasteiger partial charge in [0.1, 0.15) is 0 Å². The van der Waals surface area contributed by atoms with E-state index in [1.54, 1.807) is 0 Å². The van der Waals surface area contributed by atoms with Crippen LogP contribution in [0.3, 0.4) is 0 Å². The maximum atomic E-state index is 12.1. The summed E-state index contributed by atoms with van der Waals surface area (Å²) < 4.78 is 0. The van der Waals surface area contributed by atoms with E-state index >= 15 is 0 Å². The number of carbonyl (C=O) groups excluding carboxylic acids is 1. The van der Waals surface area contributed by atoms with Gasteiger partial charge >= 0.3 is 0 Å². The van der Waals surface area contributed by atoms with Gasteiger partial charge in [-0.1, -0.05) is 32.6 Å². The first-order valence-electron chi connectivity index (χ1n) is 7.94. The SMILES string of the molecule is CCN(CC(=O)NC1CC1)C1(CN)CCCCCC1. The third-order valence-corrected chi connectivity index (χ3v) is 4.74. The van der Waals surface area contributed by atoms with Crippen LogP contribution in [0.5, 0.6) is 0 Å². The smallest absolute Gasteiger partial charge is 0.234 e. The van der Waals surface area contributed by atoms with Crippen molar-refractivity contribution in [1.82, 2.24) is 10.2 Å². The Labute approximate surface area is 117 Å². The first kappa shape index (κ1) is 14.8. The summed E-state index contributed by atoms with van der Waals surface area (Å²) in [5.74, 6) is 0.182. The highest BCUT2D eigenvalue weighted by Gasteiger charge is 2.36. The Bertz CT molecular complexity index is 294. The first-order chi connectivity index (χ1) is 9.20. The van der Waals surface area contributed by atoms with Crippen LogP contribution in [0.4, 0.5) is 0 Å². The monoisotopic (exact) mass is 267 g/mol. The van der Waals surface area contributed by atoms with Crippen molar-refractivity contribution in [2.45, 2.75) is 69.9 Å². The number of hydrogen-bond acceptors (Lipinski definition) is 3. The van der Waals surface area contributed by atoms with Gasteiger partial charge in [-0.2, -0.15) is 0 Å². The molecule has 19 heavy (non-hydrogen) atoms. The van der Waals surface area contributed by atoms with Gasteiger partial charge in [0.15, 0.2) is 0 Å². The molecular weight excluding hydrogens is 238 g/mol. The first-order valence-corrected chi connectivity index (χ1v) is 7.94. The van der Waals surface area contributed by atoms with E-state index in [1.165, 1.54) is 25.7 Å². The summed E-state index contributed by atoms with van der Waals surface area (Å²) in [6.45, 7) is 4.25. The van der Waals surface area contributed by atoms with Crippen molar-refractivity contribution < 1.29 is 4.79 Å². The van der Waals surface area contributed by atoms with Crippen molar-refractivity contribution in [2.75, 3.05) is 19.6 Å². The number of nitrogens with zero attached hydrogens (tertiary/aromatic N) is 1. The third-order valence-electron chi connectivity index (χ3n) is 4.74. The van der Waals surface area contributed by atoms with Gasteiger partial charge in [0.25, 0.3) is 0 Å². The molecule has 2 fully saturated rings. The Balaban J connectivity index is 1.96. The van der Waals surface area contributed by atoms with E-state index in [9.17, 15) is 4.79 Å². The van der Waals surface area contributed by atoms with Gasteiger partial charge in [-0.05, 0) is 32.2 Å². The topological polar surface area (TPSA) is 58.4 Å². The van der Waals surface area contributed by atoms with E-state index in [0.29, 0.717) is 19.1 Å². The van der Waals surface area contributed by atoms with Crippen molar-refractivity contribution >= 4 is 5.91 Å². The minimum Gasteiger partial charge on any atom is -0.352 e. The van der Waals surface area contributed by atoms with Crippen LogP contribution in [-0.2, 0) is 4.79 Å². The summed E-state index contributed by atoms with van der Waals surface area (Å²) in [6.07, 6.45) is 9.72. The Morgan fingerprint density at radius 3 is 2.37 bits per heavy atom. The molecule has 0 bridgehead atoms. The van der Waals surface area contributed by atoms with Crippen molar-refractivity contribution in [1.29, 1.82) is 0 Å².